The van der Waals surface area contributed by atoms with E-state index in [1.807, 2.05) is 26.0 Å². The average Bonchev–Trinajstić information content (AvgIpc) is 2.99. The minimum absolute atomic E-state index is 0.0397. The molecule has 1 atom stereocenters. The van der Waals surface area contributed by atoms with Gasteiger partial charge in [-0.2, -0.15) is 0 Å². The highest BCUT2D eigenvalue weighted by Crippen LogP contribution is 2.06. The van der Waals surface area contributed by atoms with Crippen molar-refractivity contribution in [3.8, 4) is 0 Å². The van der Waals surface area contributed by atoms with Gasteiger partial charge in [-0.1, -0.05) is 0 Å². The van der Waals surface area contributed by atoms with Crippen molar-refractivity contribution < 1.29 is 9.21 Å². The second kappa shape index (κ2) is 7.42. The van der Waals surface area contributed by atoms with Gasteiger partial charge in [-0.25, -0.2) is 9.97 Å². The molecule has 6 heteroatoms. The van der Waals surface area contributed by atoms with Gasteiger partial charge in [0, 0.05) is 19.0 Å². The Morgan fingerprint density at radius 2 is 2.24 bits per heavy atom. The summed E-state index contributed by atoms with van der Waals surface area (Å²) in [5.74, 6) is 1.38. The van der Waals surface area contributed by atoms with Gasteiger partial charge in [0.15, 0.2) is 0 Å². The van der Waals surface area contributed by atoms with Gasteiger partial charge in [0.1, 0.15) is 17.3 Å². The zero-order valence-corrected chi connectivity index (χ0v) is 12.3. The quantitative estimate of drug-likeness (QED) is 0.817. The number of rotatable bonds is 7. The number of amides is 1. The monoisotopic (exact) mass is 288 g/mol. The Kier molecular flexibility index (Phi) is 5.31. The minimum atomic E-state index is -0.211. The van der Waals surface area contributed by atoms with Crippen LogP contribution >= 0.6 is 0 Å². The molecule has 0 aliphatic rings. The van der Waals surface area contributed by atoms with Gasteiger partial charge in [-0.15, -0.1) is 0 Å². The highest BCUT2D eigenvalue weighted by atomic mass is 16.3. The van der Waals surface area contributed by atoms with Gasteiger partial charge >= 0.3 is 0 Å². The van der Waals surface area contributed by atoms with Crippen LogP contribution in [0, 0.1) is 0 Å². The molecular formula is C15H20N4O2. The normalized spacial score (nSPS) is 11.9. The van der Waals surface area contributed by atoms with E-state index < -0.39 is 0 Å². The smallest absolute Gasteiger partial charge is 0.271 e. The van der Waals surface area contributed by atoms with Crippen LogP contribution in [0.5, 0.6) is 0 Å². The van der Waals surface area contributed by atoms with Crippen molar-refractivity contribution in [1.29, 1.82) is 0 Å². The number of hydrogen-bond acceptors (Lipinski definition) is 5. The standard InChI is InChI=1S/C15H20N4O2/c1-3-16-14-10-17-13(9-18-14)15(20)19-11(2)6-7-12-5-4-8-21-12/h4-5,8-11H,3,6-7H2,1-2H3,(H,16,18)(H,19,20). The number of furan rings is 1. The third kappa shape index (κ3) is 4.59. The Morgan fingerprint density at radius 3 is 2.86 bits per heavy atom. The van der Waals surface area contributed by atoms with Crippen molar-refractivity contribution in [2.45, 2.75) is 32.7 Å². The lowest BCUT2D eigenvalue weighted by Crippen LogP contribution is -2.33. The van der Waals surface area contributed by atoms with Crippen molar-refractivity contribution in [2.24, 2.45) is 0 Å². The molecule has 0 aromatic carbocycles. The molecule has 6 nitrogen and oxygen atoms in total. The van der Waals surface area contributed by atoms with Crippen LogP contribution in [0.25, 0.3) is 0 Å². The average molecular weight is 288 g/mol. The Hall–Kier alpha value is -2.37. The van der Waals surface area contributed by atoms with E-state index in [1.165, 1.54) is 6.20 Å². The number of nitrogens with one attached hydrogen (secondary N) is 2. The lowest BCUT2D eigenvalue weighted by atomic mass is 10.1. The summed E-state index contributed by atoms with van der Waals surface area (Å²) in [6.07, 6.45) is 6.29. The molecular weight excluding hydrogens is 268 g/mol. The number of aryl methyl sites for hydroxylation is 1. The summed E-state index contributed by atoms with van der Waals surface area (Å²) in [5, 5.41) is 5.94. The molecule has 0 radical (unpaired) electrons. The molecule has 0 fully saturated rings. The summed E-state index contributed by atoms with van der Waals surface area (Å²) in [6, 6.07) is 3.83. The summed E-state index contributed by atoms with van der Waals surface area (Å²) in [5.41, 5.74) is 0.321. The minimum Gasteiger partial charge on any atom is -0.469 e. The van der Waals surface area contributed by atoms with Crippen LogP contribution in [0.15, 0.2) is 35.2 Å². The maximum Gasteiger partial charge on any atom is 0.271 e. The van der Waals surface area contributed by atoms with Crippen LogP contribution in [0.3, 0.4) is 0 Å². The fraction of sp³-hybridized carbons (Fsp3) is 0.400. The molecule has 1 unspecified atom stereocenters. The molecule has 2 aromatic rings. The summed E-state index contributed by atoms with van der Waals surface area (Å²) < 4.78 is 5.27. The third-order valence-corrected chi connectivity index (χ3v) is 3.02. The van der Waals surface area contributed by atoms with E-state index in [2.05, 4.69) is 20.6 Å². The topological polar surface area (TPSA) is 80.0 Å². The first-order valence-corrected chi connectivity index (χ1v) is 7.08. The number of nitrogens with zero attached hydrogens (tertiary/aromatic N) is 2. The van der Waals surface area contributed by atoms with E-state index in [-0.39, 0.29) is 11.9 Å². The summed E-state index contributed by atoms with van der Waals surface area (Å²) >= 11 is 0. The molecule has 1 amide bonds. The van der Waals surface area contributed by atoms with Gasteiger partial charge in [-0.3, -0.25) is 4.79 Å². The van der Waals surface area contributed by atoms with E-state index in [1.54, 1.807) is 12.5 Å². The Labute approximate surface area is 124 Å². The predicted molar refractivity (Wildman–Crippen MR) is 80.2 cm³/mol. The first kappa shape index (κ1) is 15.0. The molecule has 2 heterocycles. The maximum atomic E-state index is 12.0. The van der Waals surface area contributed by atoms with Crippen LogP contribution in [0.1, 0.15) is 36.5 Å². The van der Waals surface area contributed by atoms with Gasteiger partial charge in [0.2, 0.25) is 0 Å². The molecule has 0 saturated carbocycles. The molecule has 21 heavy (non-hydrogen) atoms. The van der Waals surface area contributed by atoms with Gasteiger partial charge < -0.3 is 15.1 Å². The highest BCUT2D eigenvalue weighted by molar-refractivity contribution is 5.92. The van der Waals surface area contributed by atoms with E-state index >= 15 is 0 Å². The van der Waals surface area contributed by atoms with Crippen molar-refractivity contribution >= 4 is 11.7 Å². The zero-order valence-electron chi connectivity index (χ0n) is 12.3. The van der Waals surface area contributed by atoms with Gasteiger partial charge in [0.05, 0.1) is 18.7 Å². The van der Waals surface area contributed by atoms with E-state index in [4.69, 9.17) is 4.42 Å². The third-order valence-electron chi connectivity index (χ3n) is 3.02. The van der Waals surface area contributed by atoms with Crippen molar-refractivity contribution in [3.05, 3.63) is 42.2 Å². The molecule has 0 spiro atoms. The summed E-state index contributed by atoms with van der Waals surface area (Å²) in [4.78, 5) is 20.3. The predicted octanol–water partition coefficient (Wildman–Crippen LogP) is 2.25. The lowest BCUT2D eigenvalue weighted by Gasteiger charge is -2.12. The highest BCUT2D eigenvalue weighted by Gasteiger charge is 2.12. The van der Waals surface area contributed by atoms with Crippen LogP contribution in [-0.2, 0) is 6.42 Å². The maximum absolute atomic E-state index is 12.0. The molecule has 0 aliphatic heterocycles. The first-order chi connectivity index (χ1) is 10.2. The van der Waals surface area contributed by atoms with Crippen LogP contribution in [-0.4, -0.2) is 28.5 Å². The second-order valence-corrected chi connectivity index (χ2v) is 4.81. The van der Waals surface area contributed by atoms with Crippen LogP contribution in [0.4, 0.5) is 5.82 Å². The number of hydrogen-bond donors (Lipinski definition) is 2. The Balaban J connectivity index is 1.82. The SMILES string of the molecule is CCNc1cnc(C(=O)NC(C)CCc2ccco2)cn1. The van der Waals surface area contributed by atoms with Crippen LogP contribution < -0.4 is 10.6 Å². The number of aromatic nitrogens is 2. The van der Waals surface area contributed by atoms with Crippen molar-refractivity contribution in [3.63, 3.8) is 0 Å². The molecule has 0 aliphatic carbocycles. The number of carbonyl (C=O) groups excluding carboxylic acids is 1. The van der Waals surface area contributed by atoms with E-state index in [9.17, 15) is 4.79 Å². The van der Waals surface area contributed by atoms with E-state index in [0.717, 1.165) is 25.1 Å². The van der Waals surface area contributed by atoms with Crippen LogP contribution in [0.2, 0.25) is 0 Å². The Morgan fingerprint density at radius 1 is 1.38 bits per heavy atom. The molecule has 2 rings (SSSR count). The van der Waals surface area contributed by atoms with Gasteiger partial charge in [0.25, 0.3) is 5.91 Å². The molecule has 112 valence electrons. The number of carbonyl (C=O) groups is 1. The molecule has 0 bridgehead atoms. The van der Waals surface area contributed by atoms with E-state index in [0.29, 0.717) is 11.5 Å². The second-order valence-electron chi connectivity index (χ2n) is 4.81. The molecule has 2 N–H and O–H groups in total. The summed E-state index contributed by atoms with van der Waals surface area (Å²) in [7, 11) is 0. The summed E-state index contributed by atoms with van der Waals surface area (Å²) in [6.45, 7) is 4.70. The first-order valence-electron chi connectivity index (χ1n) is 7.08. The van der Waals surface area contributed by atoms with Crippen molar-refractivity contribution in [1.82, 2.24) is 15.3 Å². The zero-order chi connectivity index (χ0) is 15.1. The molecule has 2 aromatic heterocycles. The molecule has 0 saturated heterocycles. The largest absolute Gasteiger partial charge is 0.469 e. The fourth-order valence-electron chi connectivity index (χ4n) is 1.90. The lowest BCUT2D eigenvalue weighted by molar-refractivity contribution is 0.0932. The van der Waals surface area contributed by atoms with Gasteiger partial charge in [-0.05, 0) is 32.4 Å². The number of anilines is 1. The van der Waals surface area contributed by atoms with Crippen molar-refractivity contribution in [2.75, 3.05) is 11.9 Å². The Bertz CT molecular complexity index is 552. The fourth-order valence-corrected chi connectivity index (χ4v) is 1.90.